The number of hydrogen-bond acceptors (Lipinski definition) is 5. The van der Waals surface area contributed by atoms with Gasteiger partial charge in [0, 0.05) is 11.1 Å². The molecule has 0 spiro atoms. The normalized spacial score (nSPS) is 23.1. The Hall–Kier alpha value is -2.41. The van der Waals surface area contributed by atoms with Gasteiger partial charge in [-0.1, -0.05) is 23.7 Å². The van der Waals surface area contributed by atoms with E-state index in [4.69, 9.17) is 17.3 Å². The summed E-state index contributed by atoms with van der Waals surface area (Å²) >= 11 is 5.87. The van der Waals surface area contributed by atoms with Crippen LogP contribution in [0.4, 0.5) is 23.2 Å². The van der Waals surface area contributed by atoms with Crippen LogP contribution in [0.3, 0.4) is 0 Å². The number of carbonyl (C=O) groups is 2. The van der Waals surface area contributed by atoms with Crippen LogP contribution in [0.5, 0.6) is 0 Å². The van der Waals surface area contributed by atoms with Gasteiger partial charge in [0.05, 0.1) is 40.4 Å². The first-order valence-corrected chi connectivity index (χ1v) is 12.1. The molecule has 3 atom stereocenters. The fraction of sp³-hybridized carbons (Fsp3) is 0.333. The van der Waals surface area contributed by atoms with Crippen LogP contribution in [0.1, 0.15) is 22.3 Å². The maximum atomic E-state index is 14.8. The summed E-state index contributed by atoms with van der Waals surface area (Å²) in [6, 6.07) is 5.05. The zero-order chi connectivity index (χ0) is 25.0. The molecule has 35 heavy (non-hydrogen) atoms. The maximum Gasteiger partial charge on any atom is 0.393 e. The van der Waals surface area contributed by atoms with Gasteiger partial charge < -0.3 is 16.0 Å². The van der Waals surface area contributed by atoms with Crippen LogP contribution in [0.2, 0.25) is 5.02 Å². The number of fused-ring (bicyclic) bond motifs is 1. The lowest BCUT2D eigenvalue weighted by Crippen LogP contribution is -2.45. The van der Waals surface area contributed by atoms with Crippen molar-refractivity contribution in [2.24, 2.45) is 11.7 Å². The molecule has 2 aromatic carbocycles. The van der Waals surface area contributed by atoms with Gasteiger partial charge in [0.1, 0.15) is 5.82 Å². The van der Waals surface area contributed by atoms with Crippen molar-refractivity contribution in [3.8, 4) is 0 Å². The molecule has 0 radical (unpaired) electrons. The second-order valence-corrected chi connectivity index (χ2v) is 10.6. The van der Waals surface area contributed by atoms with Crippen molar-refractivity contribution >= 4 is 51.3 Å². The molecule has 190 valence electrons. The van der Waals surface area contributed by atoms with E-state index in [0.29, 0.717) is 16.7 Å². The molecule has 1 aliphatic carbocycles. The Morgan fingerprint density at radius 1 is 1.20 bits per heavy atom. The Kier molecular flexibility index (Phi) is 7.43. The van der Waals surface area contributed by atoms with Gasteiger partial charge >= 0.3 is 6.18 Å². The predicted molar refractivity (Wildman–Crippen MR) is 122 cm³/mol. The average Bonchev–Trinajstić information content (AvgIpc) is 3.52. The Morgan fingerprint density at radius 3 is 2.40 bits per heavy atom. The van der Waals surface area contributed by atoms with Crippen molar-refractivity contribution in [3.63, 3.8) is 0 Å². The van der Waals surface area contributed by atoms with Crippen LogP contribution >= 0.6 is 24.0 Å². The molecule has 1 aliphatic heterocycles. The van der Waals surface area contributed by atoms with Gasteiger partial charge in [0.2, 0.25) is 5.91 Å². The average molecular weight is 556 g/mol. The lowest BCUT2D eigenvalue weighted by molar-refractivity contribution is -0.148. The van der Waals surface area contributed by atoms with Gasteiger partial charge in [-0.25, -0.2) is 12.8 Å². The SMILES string of the molecule is Cl.N[C@H]1CS(=O)(=O)c2cc(F)c(C(=O)NC3CC3C(F)(F)F)cc2N(Cc2ccc(Cl)cc2)C1=O. The Labute approximate surface area is 208 Å². The summed E-state index contributed by atoms with van der Waals surface area (Å²) in [5.41, 5.74) is 5.36. The lowest BCUT2D eigenvalue weighted by Gasteiger charge is -2.25. The zero-order valence-electron chi connectivity index (χ0n) is 17.7. The molecule has 0 aromatic heterocycles. The van der Waals surface area contributed by atoms with E-state index < -0.39 is 67.9 Å². The molecule has 1 fully saturated rings. The van der Waals surface area contributed by atoms with Crippen LogP contribution in [0.15, 0.2) is 41.3 Å². The third-order valence-corrected chi connectivity index (χ3v) is 7.73. The molecule has 2 aliphatic rings. The molecule has 2 amide bonds. The topological polar surface area (TPSA) is 110 Å². The molecule has 1 heterocycles. The first kappa shape index (κ1) is 27.2. The number of nitrogens with zero attached hydrogens (tertiary/aromatic N) is 1. The molecule has 3 N–H and O–H groups in total. The Balaban J connectivity index is 0.00000342. The quantitative estimate of drug-likeness (QED) is 0.563. The minimum atomic E-state index is -4.50. The van der Waals surface area contributed by atoms with Gasteiger partial charge in [0.25, 0.3) is 5.91 Å². The summed E-state index contributed by atoms with van der Waals surface area (Å²) in [6.45, 7) is -0.169. The number of nitrogens with one attached hydrogen (secondary N) is 1. The molecule has 0 bridgehead atoms. The summed E-state index contributed by atoms with van der Waals surface area (Å²) < 4.78 is 78.8. The Bertz CT molecular complexity index is 1270. The predicted octanol–water partition coefficient (Wildman–Crippen LogP) is 3.23. The van der Waals surface area contributed by atoms with Crippen LogP contribution in [-0.2, 0) is 21.2 Å². The fourth-order valence-electron chi connectivity index (χ4n) is 3.79. The summed E-state index contributed by atoms with van der Waals surface area (Å²) in [5, 5.41) is 2.53. The summed E-state index contributed by atoms with van der Waals surface area (Å²) in [5.74, 6) is -5.70. The minimum Gasteiger partial charge on any atom is -0.349 e. The molecular formula is C21H19Cl2F4N3O4S. The molecule has 4 rings (SSSR count). The van der Waals surface area contributed by atoms with Gasteiger partial charge in [-0.3, -0.25) is 9.59 Å². The van der Waals surface area contributed by atoms with Crippen molar-refractivity contribution in [2.45, 2.75) is 36.1 Å². The van der Waals surface area contributed by atoms with Crippen LogP contribution in [0, 0.1) is 11.7 Å². The van der Waals surface area contributed by atoms with Crippen LogP contribution < -0.4 is 16.0 Å². The van der Waals surface area contributed by atoms with E-state index in [-0.39, 0.29) is 31.1 Å². The lowest BCUT2D eigenvalue weighted by atomic mass is 10.1. The highest BCUT2D eigenvalue weighted by Gasteiger charge is 2.56. The smallest absolute Gasteiger partial charge is 0.349 e. The molecule has 2 unspecified atom stereocenters. The first-order chi connectivity index (χ1) is 15.8. The number of carbonyl (C=O) groups excluding carboxylic acids is 2. The summed E-state index contributed by atoms with van der Waals surface area (Å²) in [4.78, 5) is 26.0. The number of rotatable bonds is 4. The van der Waals surface area contributed by atoms with Crippen molar-refractivity contribution in [1.29, 1.82) is 0 Å². The van der Waals surface area contributed by atoms with E-state index in [0.717, 1.165) is 11.0 Å². The largest absolute Gasteiger partial charge is 0.393 e. The number of hydrogen-bond donors (Lipinski definition) is 2. The number of nitrogens with two attached hydrogens (primary N) is 1. The number of anilines is 1. The monoisotopic (exact) mass is 555 g/mol. The molecular weight excluding hydrogens is 537 g/mol. The summed E-state index contributed by atoms with van der Waals surface area (Å²) in [7, 11) is -4.23. The second kappa shape index (κ2) is 9.57. The number of halogens is 6. The highest BCUT2D eigenvalue weighted by Crippen LogP contribution is 2.45. The van der Waals surface area contributed by atoms with Gasteiger partial charge in [-0.2, -0.15) is 13.2 Å². The van der Waals surface area contributed by atoms with E-state index in [2.05, 4.69) is 5.32 Å². The van der Waals surface area contributed by atoms with Crippen molar-refractivity contribution in [1.82, 2.24) is 5.32 Å². The number of benzene rings is 2. The van der Waals surface area contributed by atoms with Gasteiger partial charge in [-0.05, 0) is 36.2 Å². The molecule has 7 nitrogen and oxygen atoms in total. The zero-order valence-corrected chi connectivity index (χ0v) is 20.1. The van der Waals surface area contributed by atoms with Crippen molar-refractivity contribution < 1.29 is 35.6 Å². The van der Waals surface area contributed by atoms with E-state index in [1.807, 2.05) is 0 Å². The van der Waals surface area contributed by atoms with E-state index in [1.54, 1.807) is 24.3 Å². The molecule has 1 saturated carbocycles. The third-order valence-electron chi connectivity index (χ3n) is 5.68. The van der Waals surface area contributed by atoms with E-state index >= 15 is 0 Å². The standard InChI is InChI=1S/C21H18ClF4N3O4S.ClH/c22-11-3-1-10(2-4-11)8-29-17-5-12(19(30)28-16-6-13(16)21(24,25)26)14(23)7-18(17)34(32,33)9-15(27)20(29)31;/h1-5,7,13,15-16H,6,8-9,27H2,(H,28,30);1H/t13?,15-,16?;/m0./s1. The van der Waals surface area contributed by atoms with E-state index in [1.165, 1.54) is 0 Å². The fourth-order valence-corrected chi connectivity index (χ4v) is 5.48. The number of sulfone groups is 1. The van der Waals surface area contributed by atoms with Crippen LogP contribution in [0.25, 0.3) is 0 Å². The molecule has 0 saturated heterocycles. The maximum absolute atomic E-state index is 14.8. The Morgan fingerprint density at radius 2 is 1.83 bits per heavy atom. The third kappa shape index (κ3) is 5.55. The van der Waals surface area contributed by atoms with Gasteiger partial charge in [0.15, 0.2) is 9.84 Å². The molecule has 2 aromatic rings. The van der Waals surface area contributed by atoms with Crippen molar-refractivity contribution in [2.75, 3.05) is 10.7 Å². The van der Waals surface area contributed by atoms with Gasteiger partial charge in [-0.15, -0.1) is 12.4 Å². The van der Waals surface area contributed by atoms with Crippen LogP contribution in [-0.4, -0.2) is 44.2 Å². The highest BCUT2D eigenvalue weighted by atomic mass is 35.5. The minimum absolute atomic E-state index is 0. The summed E-state index contributed by atoms with van der Waals surface area (Å²) in [6.07, 6.45) is -4.84. The molecule has 14 heteroatoms. The van der Waals surface area contributed by atoms with E-state index in [9.17, 15) is 35.6 Å². The van der Waals surface area contributed by atoms with Crippen molar-refractivity contribution in [3.05, 3.63) is 58.4 Å². The first-order valence-electron chi connectivity index (χ1n) is 10.0. The number of alkyl halides is 3. The second-order valence-electron chi connectivity index (χ2n) is 8.20. The number of amides is 2. The highest BCUT2D eigenvalue weighted by molar-refractivity contribution is 7.91.